The van der Waals surface area contributed by atoms with Crippen LogP contribution in [0.25, 0.3) is 0 Å². The Morgan fingerprint density at radius 2 is 1.62 bits per heavy atom. The molecular formula is C25H26N2O4S. The highest BCUT2D eigenvalue weighted by Gasteiger charge is 2.30. The van der Waals surface area contributed by atoms with Crippen LogP contribution in [-0.4, -0.2) is 39.4 Å². The first-order valence-electron chi connectivity index (χ1n) is 10.5. The minimum absolute atomic E-state index is 0.107. The van der Waals surface area contributed by atoms with Crippen molar-refractivity contribution in [3.05, 3.63) is 89.5 Å². The van der Waals surface area contributed by atoms with Gasteiger partial charge in [-0.1, -0.05) is 42.0 Å². The van der Waals surface area contributed by atoms with Crippen LogP contribution in [0.5, 0.6) is 5.75 Å². The van der Waals surface area contributed by atoms with Crippen LogP contribution in [0.3, 0.4) is 0 Å². The number of anilines is 1. The summed E-state index contributed by atoms with van der Waals surface area (Å²) < 4.78 is 33.4. The Kier molecular flexibility index (Phi) is 6.19. The van der Waals surface area contributed by atoms with Crippen molar-refractivity contribution in [2.75, 3.05) is 24.5 Å². The first kappa shape index (κ1) is 21.9. The lowest BCUT2D eigenvalue weighted by molar-refractivity contribution is -0.130. The fourth-order valence-corrected chi connectivity index (χ4v) is 5.25. The van der Waals surface area contributed by atoms with Gasteiger partial charge in [0, 0.05) is 13.1 Å². The van der Waals surface area contributed by atoms with E-state index in [-0.39, 0.29) is 17.3 Å². The Bertz CT molecular complexity index is 1210. The number of carbonyl (C=O) groups is 1. The van der Waals surface area contributed by atoms with Crippen molar-refractivity contribution in [3.63, 3.8) is 0 Å². The van der Waals surface area contributed by atoms with Crippen LogP contribution in [-0.2, 0) is 27.8 Å². The number of carbonyl (C=O) groups excluding carboxylic acids is 1. The Labute approximate surface area is 189 Å². The molecule has 3 aromatic rings. The minimum atomic E-state index is -3.96. The summed E-state index contributed by atoms with van der Waals surface area (Å²) in [6.07, 6.45) is 0.762. The average molecular weight is 451 g/mol. The summed E-state index contributed by atoms with van der Waals surface area (Å²) in [5.74, 6) is 0.339. The fraction of sp³-hybridized carbons (Fsp3) is 0.240. The van der Waals surface area contributed by atoms with Crippen molar-refractivity contribution >= 4 is 21.6 Å². The maximum atomic E-state index is 13.5. The fourth-order valence-electron chi connectivity index (χ4n) is 3.83. The SMILES string of the molecule is COc1ccc(S(=O)(=O)N(CC(=O)N2CCc3ccccc3C2)c2ccc(C)cc2)cc1. The highest BCUT2D eigenvalue weighted by Crippen LogP contribution is 2.26. The number of sulfonamides is 1. The zero-order chi connectivity index (χ0) is 22.7. The number of amides is 1. The summed E-state index contributed by atoms with van der Waals surface area (Å²) in [4.78, 5) is 15.1. The Morgan fingerprint density at radius 1 is 0.969 bits per heavy atom. The van der Waals surface area contributed by atoms with E-state index in [2.05, 4.69) is 6.07 Å². The monoisotopic (exact) mass is 450 g/mol. The molecule has 0 atom stereocenters. The maximum absolute atomic E-state index is 13.5. The van der Waals surface area contributed by atoms with Crippen molar-refractivity contribution in [2.24, 2.45) is 0 Å². The molecule has 0 aliphatic carbocycles. The van der Waals surface area contributed by atoms with Crippen LogP contribution < -0.4 is 9.04 Å². The average Bonchev–Trinajstić information content (AvgIpc) is 2.82. The van der Waals surface area contributed by atoms with Gasteiger partial charge in [0.15, 0.2) is 0 Å². The first-order valence-corrected chi connectivity index (χ1v) is 11.9. The van der Waals surface area contributed by atoms with E-state index in [9.17, 15) is 13.2 Å². The zero-order valence-corrected chi connectivity index (χ0v) is 19.0. The van der Waals surface area contributed by atoms with Gasteiger partial charge < -0.3 is 9.64 Å². The van der Waals surface area contributed by atoms with Gasteiger partial charge in [0.1, 0.15) is 12.3 Å². The topological polar surface area (TPSA) is 66.9 Å². The van der Waals surface area contributed by atoms with E-state index in [1.165, 1.54) is 29.1 Å². The molecule has 32 heavy (non-hydrogen) atoms. The highest BCUT2D eigenvalue weighted by atomic mass is 32.2. The molecule has 4 rings (SSSR count). The molecule has 6 nitrogen and oxygen atoms in total. The van der Waals surface area contributed by atoms with E-state index < -0.39 is 10.0 Å². The normalized spacial score (nSPS) is 13.4. The molecule has 7 heteroatoms. The van der Waals surface area contributed by atoms with Crippen molar-refractivity contribution in [1.82, 2.24) is 4.90 Å². The van der Waals surface area contributed by atoms with Crippen LogP contribution in [0.15, 0.2) is 77.7 Å². The number of aryl methyl sites for hydroxylation is 1. The largest absolute Gasteiger partial charge is 0.497 e. The van der Waals surface area contributed by atoms with Crippen LogP contribution in [0.1, 0.15) is 16.7 Å². The van der Waals surface area contributed by atoms with Crippen molar-refractivity contribution in [2.45, 2.75) is 24.8 Å². The number of fused-ring (bicyclic) bond motifs is 1. The minimum Gasteiger partial charge on any atom is -0.497 e. The third-order valence-electron chi connectivity index (χ3n) is 5.73. The molecule has 0 bridgehead atoms. The molecule has 1 heterocycles. The predicted octanol–water partition coefficient (Wildman–Crippen LogP) is 3.78. The smallest absolute Gasteiger partial charge is 0.264 e. The molecule has 0 fully saturated rings. The van der Waals surface area contributed by atoms with Crippen LogP contribution in [0.2, 0.25) is 0 Å². The predicted molar refractivity (Wildman–Crippen MR) is 124 cm³/mol. The van der Waals surface area contributed by atoms with Crippen LogP contribution >= 0.6 is 0 Å². The van der Waals surface area contributed by atoms with E-state index >= 15 is 0 Å². The summed E-state index contributed by atoms with van der Waals surface area (Å²) in [6, 6.07) is 21.4. The molecule has 0 spiro atoms. The van der Waals surface area contributed by atoms with E-state index in [0.717, 1.165) is 17.5 Å². The lowest BCUT2D eigenvalue weighted by Crippen LogP contribution is -2.44. The first-order chi connectivity index (χ1) is 15.4. The Hall–Kier alpha value is -3.32. The lowest BCUT2D eigenvalue weighted by atomic mass is 10.00. The Balaban J connectivity index is 1.64. The quantitative estimate of drug-likeness (QED) is 0.573. The molecule has 0 unspecified atom stereocenters. The van der Waals surface area contributed by atoms with E-state index in [1.54, 1.807) is 29.2 Å². The zero-order valence-electron chi connectivity index (χ0n) is 18.2. The second-order valence-electron chi connectivity index (χ2n) is 7.86. The van der Waals surface area contributed by atoms with E-state index in [0.29, 0.717) is 24.5 Å². The van der Waals surface area contributed by atoms with Gasteiger partial charge >= 0.3 is 0 Å². The standard InChI is InChI=1S/C25H26N2O4S/c1-19-7-9-22(10-8-19)27(32(29,30)24-13-11-23(31-2)12-14-24)18-25(28)26-16-15-20-5-3-4-6-21(20)17-26/h3-14H,15-18H2,1-2H3. The molecule has 166 valence electrons. The van der Waals surface area contributed by atoms with Gasteiger partial charge in [-0.15, -0.1) is 0 Å². The summed E-state index contributed by atoms with van der Waals surface area (Å²) >= 11 is 0. The lowest BCUT2D eigenvalue weighted by Gasteiger charge is -2.32. The summed E-state index contributed by atoms with van der Waals surface area (Å²) in [7, 11) is -2.43. The molecule has 0 aromatic heterocycles. The molecule has 0 saturated carbocycles. The molecule has 1 aliphatic heterocycles. The molecular weight excluding hydrogens is 424 g/mol. The third-order valence-corrected chi connectivity index (χ3v) is 7.52. The van der Waals surface area contributed by atoms with E-state index in [4.69, 9.17) is 4.74 Å². The molecule has 0 radical (unpaired) electrons. The molecule has 0 saturated heterocycles. The van der Waals surface area contributed by atoms with E-state index in [1.807, 2.05) is 37.3 Å². The van der Waals surface area contributed by atoms with Gasteiger partial charge in [-0.3, -0.25) is 9.10 Å². The molecule has 1 amide bonds. The highest BCUT2D eigenvalue weighted by molar-refractivity contribution is 7.92. The number of hydrogen-bond donors (Lipinski definition) is 0. The summed E-state index contributed by atoms with van der Waals surface area (Å²) in [5.41, 5.74) is 3.80. The van der Waals surface area contributed by atoms with Crippen molar-refractivity contribution in [3.8, 4) is 5.75 Å². The number of ether oxygens (including phenoxy) is 1. The molecule has 3 aromatic carbocycles. The third kappa shape index (κ3) is 4.48. The maximum Gasteiger partial charge on any atom is 0.264 e. The second-order valence-corrected chi connectivity index (χ2v) is 9.72. The van der Waals surface area contributed by atoms with Gasteiger partial charge in [0.05, 0.1) is 17.7 Å². The number of rotatable bonds is 6. The molecule has 0 N–H and O–H groups in total. The summed E-state index contributed by atoms with van der Waals surface area (Å²) in [6.45, 7) is 2.72. The van der Waals surface area contributed by atoms with Crippen LogP contribution in [0, 0.1) is 6.92 Å². The van der Waals surface area contributed by atoms with Gasteiger partial charge in [-0.2, -0.15) is 0 Å². The number of hydrogen-bond acceptors (Lipinski definition) is 4. The van der Waals surface area contributed by atoms with Crippen molar-refractivity contribution in [1.29, 1.82) is 0 Å². The van der Waals surface area contributed by atoms with Crippen LogP contribution in [0.4, 0.5) is 5.69 Å². The molecule has 1 aliphatic rings. The number of nitrogens with zero attached hydrogens (tertiary/aromatic N) is 2. The second kappa shape index (κ2) is 9.04. The van der Waals surface area contributed by atoms with Gasteiger partial charge in [0.25, 0.3) is 10.0 Å². The van der Waals surface area contributed by atoms with Gasteiger partial charge in [-0.25, -0.2) is 8.42 Å². The number of benzene rings is 3. The van der Waals surface area contributed by atoms with Crippen molar-refractivity contribution < 1.29 is 17.9 Å². The van der Waals surface area contributed by atoms with Gasteiger partial charge in [0.2, 0.25) is 5.91 Å². The van der Waals surface area contributed by atoms with Gasteiger partial charge in [-0.05, 0) is 60.9 Å². The summed E-state index contributed by atoms with van der Waals surface area (Å²) in [5, 5.41) is 0. The number of methoxy groups -OCH3 is 1. The Morgan fingerprint density at radius 3 is 2.28 bits per heavy atom.